The largest absolute Gasteiger partial charge is 0.389 e. The van der Waals surface area contributed by atoms with Gasteiger partial charge >= 0.3 is 0 Å². The number of ether oxygens (including phenoxy) is 1. The number of hydrogen-bond acceptors (Lipinski definition) is 4. The molecular weight excluding hydrogens is 214 g/mol. The van der Waals surface area contributed by atoms with E-state index in [4.69, 9.17) is 4.74 Å². The fourth-order valence-electron chi connectivity index (χ4n) is 0.816. The van der Waals surface area contributed by atoms with Crippen molar-refractivity contribution in [3.05, 3.63) is 0 Å². The van der Waals surface area contributed by atoms with Gasteiger partial charge in [-0.05, 0) is 0 Å². The number of hydrogen-bond donors (Lipinski definition) is 2. The number of carbonyl (C=O) groups excluding carboxylic acids is 1. The zero-order chi connectivity index (χ0) is 11.9. The Morgan fingerprint density at radius 3 is 2.60 bits per heavy atom. The first-order valence-electron chi connectivity index (χ1n) is 4.93. The fourth-order valence-corrected chi connectivity index (χ4v) is 1.48. The highest BCUT2D eigenvalue weighted by molar-refractivity contribution is 8.01. The van der Waals surface area contributed by atoms with E-state index in [0.29, 0.717) is 5.75 Å². The standard InChI is InChI=1S/C10H21NO3S/c1-10(2,3)15-7-9(13)11-5-8(12)6-14-4/h8,12H,5-7H2,1-4H3,(H,11,13). The third-order valence-corrected chi connectivity index (χ3v) is 2.80. The molecule has 15 heavy (non-hydrogen) atoms. The Labute approximate surface area is 95.8 Å². The highest BCUT2D eigenvalue weighted by Gasteiger charge is 2.13. The summed E-state index contributed by atoms with van der Waals surface area (Å²) < 4.78 is 4.83. The van der Waals surface area contributed by atoms with E-state index < -0.39 is 6.10 Å². The van der Waals surface area contributed by atoms with Crippen LogP contribution in [0.2, 0.25) is 0 Å². The van der Waals surface area contributed by atoms with Crippen LogP contribution in [0.5, 0.6) is 0 Å². The molecule has 1 atom stereocenters. The number of aliphatic hydroxyl groups excluding tert-OH is 1. The molecule has 0 aliphatic carbocycles. The van der Waals surface area contributed by atoms with Crippen molar-refractivity contribution in [2.24, 2.45) is 0 Å². The van der Waals surface area contributed by atoms with Gasteiger partial charge in [0.1, 0.15) is 0 Å². The van der Waals surface area contributed by atoms with Gasteiger partial charge in [0, 0.05) is 18.4 Å². The smallest absolute Gasteiger partial charge is 0.230 e. The van der Waals surface area contributed by atoms with Crippen molar-refractivity contribution >= 4 is 17.7 Å². The van der Waals surface area contributed by atoms with Crippen LogP contribution in [0.4, 0.5) is 0 Å². The molecule has 0 saturated heterocycles. The van der Waals surface area contributed by atoms with E-state index in [9.17, 15) is 9.90 Å². The van der Waals surface area contributed by atoms with Crippen molar-refractivity contribution < 1.29 is 14.6 Å². The van der Waals surface area contributed by atoms with E-state index in [0.717, 1.165) is 0 Å². The fraction of sp³-hybridized carbons (Fsp3) is 0.900. The third kappa shape index (κ3) is 10.0. The van der Waals surface area contributed by atoms with Crippen LogP contribution in [0.25, 0.3) is 0 Å². The van der Waals surface area contributed by atoms with Crippen molar-refractivity contribution in [1.82, 2.24) is 5.32 Å². The van der Waals surface area contributed by atoms with Gasteiger partial charge in [-0.25, -0.2) is 0 Å². The zero-order valence-corrected chi connectivity index (χ0v) is 10.7. The molecule has 0 aromatic rings. The van der Waals surface area contributed by atoms with E-state index in [1.807, 2.05) is 0 Å². The number of aliphatic hydroxyl groups is 1. The molecule has 2 N–H and O–H groups in total. The van der Waals surface area contributed by atoms with Crippen molar-refractivity contribution in [3.63, 3.8) is 0 Å². The molecule has 1 amide bonds. The Bertz CT molecular complexity index is 192. The molecule has 0 radical (unpaired) electrons. The maximum atomic E-state index is 11.3. The van der Waals surface area contributed by atoms with Gasteiger partial charge in [0.15, 0.2) is 0 Å². The molecule has 0 bridgehead atoms. The molecule has 1 unspecified atom stereocenters. The monoisotopic (exact) mass is 235 g/mol. The zero-order valence-electron chi connectivity index (χ0n) is 9.87. The van der Waals surface area contributed by atoms with Gasteiger partial charge in [-0.3, -0.25) is 4.79 Å². The van der Waals surface area contributed by atoms with Gasteiger partial charge in [0.25, 0.3) is 0 Å². The predicted octanol–water partition coefficient (Wildman–Crippen LogP) is 0.642. The van der Waals surface area contributed by atoms with Crippen LogP contribution in [0.1, 0.15) is 20.8 Å². The topological polar surface area (TPSA) is 58.6 Å². The molecule has 0 aliphatic heterocycles. The molecule has 90 valence electrons. The lowest BCUT2D eigenvalue weighted by molar-refractivity contribution is -0.119. The van der Waals surface area contributed by atoms with Gasteiger partial charge in [0.2, 0.25) is 5.91 Å². The summed E-state index contributed by atoms with van der Waals surface area (Å²) in [5, 5.41) is 11.9. The molecule has 0 saturated carbocycles. The molecule has 0 aromatic carbocycles. The van der Waals surface area contributed by atoms with Crippen LogP contribution in [0.3, 0.4) is 0 Å². The Kier molecular flexibility index (Phi) is 6.96. The first-order valence-corrected chi connectivity index (χ1v) is 5.91. The Morgan fingerprint density at radius 2 is 2.13 bits per heavy atom. The summed E-state index contributed by atoms with van der Waals surface area (Å²) in [6.45, 7) is 6.67. The van der Waals surface area contributed by atoms with Crippen LogP contribution in [-0.2, 0) is 9.53 Å². The van der Waals surface area contributed by atoms with Gasteiger partial charge < -0.3 is 15.2 Å². The molecule has 4 nitrogen and oxygen atoms in total. The van der Waals surface area contributed by atoms with Crippen molar-refractivity contribution in [3.8, 4) is 0 Å². The summed E-state index contributed by atoms with van der Waals surface area (Å²) in [4.78, 5) is 11.3. The number of nitrogens with one attached hydrogen (secondary N) is 1. The van der Waals surface area contributed by atoms with Gasteiger partial charge in [0.05, 0.1) is 18.5 Å². The molecule has 0 aliphatic rings. The van der Waals surface area contributed by atoms with Gasteiger partial charge in [-0.15, -0.1) is 11.8 Å². The number of amides is 1. The minimum Gasteiger partial charge on any atom is -0.389 e. The average molecular weight is 235 g/mol. The lowest BCUT2D eigenvalue weighted by Crippen LogP contribution is -2.35. The summed E-state index contributed by atoms with van der Waals surface area (Å²) in [6.07, 6.45) is -0.626. The summed E-state index contributed by atoms with van der Waals surface area (Å²) in [5.41, 5.74) is 0. The maximum Gasteiger partial charge on any atom is 0.230 e. The number of rotatable bonds is 6. The highest BCUT2D eigenvalue weighted by Crippen LogP contribution is 2.22. The number of methoxy groups -OCH3 is 1. The molecule has 0 fully saturated rings. The minimum atomic E-state index is -0.626. The lowest BCUT2D eigenvalue weighted by Gasteiger charge is -2.17. The summed E-state index contributed by atoms with van der Waals surface area (Å²) in [7, 11) is 1.51. The Balaban J connectivity index is 3.58. The quantitative estimate of drug-likeness (QED) is 0.709. The SMILES string of the molecule is COCC(O)CNC(=O)CSC(C)(C)C. The first kappa shape index (κ1) is 14.7. The van der Waals surface area contributed by atoms with E-state index in [2.05, 4.69) is 26.1 Å². The van der Waals surface area contributed by atoms with Crippen LogP contribution in [-0.4, -0.2) is 47.9 Å². The van der Waals surface area contributed by atoms with Crippen molar-refractivity contribution in [1.29, 1.82) is 0 Å². The average Bonchev–Trinajstić information content (AvgIpc) is 2.11. The molecule has 0 rings (SSSR count). The first-order chi connectivity index (χ1) is 6.85. The maximum absolute atomic E-state index is 11.3. The minimum absolute atomic E-state index is 0.0509. The van der Waals surface area contributed by atoms with E-state index in [1.54, 1.807) is 11.8 Å². The number of thioether (sulfide) groups is 1. The van der Waals surface area contributed by atoms with E-state index >= 15 is 0 Å². The lowest BCUT2D eigenvalue weighted by atomic mass is 10.3. The molecule has 0 heterocycles. The van der Waals surface area contributed by atoms with E-state index in [-0.39, 0.29) is 23.8 Å². The summed E-state index contributed by atoms with van der Waals surface area (Å²) in [5.74, 6) is 0.369. The molecular formula is C10H21NO3S. The van der Waals surface area contributed by atoms with Crippen LogP contribution in [0.15, 0.2) is 0 Å². The summed E-state index contributed by atoms with van der Waals surface area (Å²) in [6, 6.07) is 0. The van der Waals surface area contributed by atoms with Crippen LogP contribution >= 0.6 is 11.8 Å². The van der Waals surface area contributed by atoms with Gasteiger partial charge in [-0.1, -0.05) is 20.8 Å². The van der Waals surface area contributed by atoms with Gasteiger partial charge in [-0.2, -0.15) is 0 Å². The van der Waals surface area contributed by atoms with Crippen molar-refractivity contribution in [2.75, 3.05) is 26.0 Å². The Morgan fingerprint density at radius 1 is 1.53 bits per heavy atom. The normalized spacial score (nSPS) is 13.7. The Hall–Kier alpha value is -0.260. The van der Waals surface area contributed by atoms with Crippen molar-refractivity contribution in [2.45, 2.75) is 31.6 Å². The third-order valence-electron chi connectivity index (χ3n) is 1.53. The number of carbonyl (C=O) groups is 1. The molecule has 0 spiro atoms. The second-order valence-corrected chi connectivity index (χ2v) is 6.12. The van der Waals surface area contributed by atoms with Crippen LogP contribution in [0, 0.1) is 0 Å². The van der Waals surface area contributed by atoms with Crippen LogP contribution < -0.4 is 5.32 Å². The highest BCUT2D eigenvalue weighted by atomic mass is 32.2. The summed E-state index contributed by atoms with van der Waals surface area (Å²) >= 11 is 1.58. The second-order valence-electron chi connectivity index (χ2n) is 4.31. The molecule has 5 heteroatoms. The van der Waals surface area contributed by atoms with E-state index in [1.165, 1.54) is 7.11 Å². The second kappa shape index (κ2) is 7.09. The molecule has 0 aromatic heterocycles. The predicted molar refractivity (Wildman–Crippen MR) is 63.1 cm³/mol.